The van der Waals surface area contributed by atoms with Crippen LogP contribution in [0, 0.1) is 11.8 Å². The van der Waals surface area contributed by atoms with Crippen LogP contribution in [-0.4, -0.2) is 75.8 Å². The molecule has 0 radical (unpaired) electrons. The van der Waals surface area contributed by atoms with Gasteiger partial charge in [-0.1, -0.05) is 32.4 Å². The summed E-state index contributed by atoms with van der Waals surface area (Å²) in [6, 6.07) is 7.28. The number of fused-ring (bicyclic) bond motifs is 1. The molecule has 3 aliphatic rings. The van der Waals surface area contributed by atoms with Crippen molar-refractivity contribution < 1.29 is 39.4 Å². The average molecular weight is 466 g/mol. The third-order valence-electron chi connectivity index (χ3n) is 7.03. The van der Waals surface area contributed by atoms with Gasteiger partial charge in [0, 0.05) is 17.9 Å². The largest absolute Gasteiger partial charge is 0.462 e. The first-order valence-electron chi connectivity index (χ1n) is 11.8. The molecule has 9 nitrogen and oxygen atoms in total. The molecule has 1 saturated carbocycles. The van der Waals surface area contributed by atoms with E-state index < -0.39 is 37.3 Å². The van der Waals surface area contributed by atoms with Gasteiger partial charge in [0.2, 0.25) is 12.2 Å². The first kappa shape index (κ1) is 24.4. The summed E-state index contributed by atoms with van der Waals surface area (Å²) in [7, 11) is 0. The molecule has 0 bridgehead atoms. The number of carbonyl (C=O) groups excluding carboxylic acids is 1. The minimum absolute atomic E-state index is 0.0644. The first-order valence-corrected chi connectivity index (χ1v) is 11.8. The van der Waals surface area contributed by atoms with Gasteiger partial charge in [-0.25, -0.2) is 0 Å². The summed E-state index contributed by atoms with van der Waals surface area (Å²) in [4.78, 5) is 12.3. The van der Waals surface area contributed by atoms with Crippen LogP contribution in [0.2, 0.25) is 0 Å². The molecule has 1 amide bonds. The van der Waals surface area contributed by atoms with Gasteiger partial charge >= 0.3 is 0 Å². The second kappa shape index (κ2) is 10.2. The second-order valence-corrected chi connectivity index (χ2v) is 9.65. The molecule has 4 rings (SSSR count). The molecule has 0 aromatic heterocycles. The Hall–Kier alpha value is -1.75. The van der Waals surface area contributed by atoms with Crippen molar-refractivity contribution in [3.63, 3.8) is 0 Å². The summed E-state index contributed by atoms with van der Waals surface area (Å²) >= 11 is 0. The molecule has 2 heterocycles. The van der Waals surface area contributed by atoms with E-state index in [0.717, 1.165) is 24.8 Å². The Morgan fingerprint density at radius 1 is 1.09 bits per heavy atom. The second-order valence-electron chi connectivity index (χ2n) is 9.65. The molecule has 1 aromatic carbocycles. The van der Waals surface area contributed by atoms with Crippen LogP contribution < -0.4 is 10.1 Å². The lowest BCUT2D eigenvalue weighted by atomic mass is 9.86. The summed E-state index contributed by atoms with van der Waals surface area (Å²) in [6.45, 7) is 3.28. The van der Waals surface area contributed by atoms with E-state index in [1.165, 1.54) is 0 Å². The van der Waals surface area contributed by atoms with Crippen LogP contribution in [0.5, 0.6) is 5.75 Å². The highest BCUT2D eigenvalue weighted by Crippen LogP contribution is 2.43. The molecular formula is C24H35NO8. The third kappa shape index (κ3) is 5.18. The Morgan fingerprint density at radius 2 is 1.82 bits per heavy atom. The van der Waals surface area contributed by atoms with Gasteiger partial charge in [0.05, 0.1) is 18.8 Å². The van der Waals surface area contributed by atoms with Crippen molar-refractivity contribution >= 4 is 5.91 Å². The molecule has 5 N–H and O–H groups in total. The number of ether oxygens (including phenoxy) is 3. The topological polar surface area (TPSA) is 138 Å². The molecule has 0 unspecified atom stereocenters. The summed E-state index contributed by atoms with van der Waals surface area (Å²) in [5, 5.41) is 42.6. The SMILES string of the molecule is CC(C)C(=O)N[C@H]1C[C@H](c2ccc(O[C@H]3O[C@H](CO)[C@@H](O)[C@H](O)[C@@H]3O)cc2)O[C@@H]2CCC[C@@H]12. The fourth-order valence-electron chi connectivity index (χ4n) is 5.05. The van der Waals surface area contributed by atoms with E-state index >= 15 is 0 Å². The number of rotatable bonds is 6. The molecule has 1 aromatic rings. The maximum absolute atomic E-state index is 12.3. The molecule has 1 aliphatic carbocycles. The Morgan fingerprint density at radius 3 is 2.48 bits per heavy atom. The first-order chi connectivity index (χ1) is 15.8. The lowest BCUT2D eigenvalue weighted by Gasteiger charge is -2.40. The van der Waals surface area contributed by atoms with Crippen LogP contribution in [0.1, 0.15) is 51.2 Å². The van der Waals surface area contributed by atoms with Crippen molar-refractivity contribution in [2.45, 2.75) is 88.5 Å². The fourth-order valence-corrected chi connectivity index (χ4v) is 5.05. The molecule has 2 saturated heterocycles. The van der Waals surface area contributed by atoms with Crippen LogP contribution in [0.25, 0.3) is 0 Å². The zero-order valence-electron chi connectivity index (χ0n) is 19.0. The Labute approximate surface area is 193 Å². The van der Waals surface area contributed by atoms with E-state index in [1.54, 1.807) is 12.1 Å². The van der Waals surface area contributed by atoms with Gasteiger partial charge in [-0.15, -0.1) is 0 Å². The lowest BCUT2D eigenvalue weighted by molar-refractivity contribution is -0.277. The van der Waals surface area contributed by atoms with Gasteiger partial charge in [-0.05, 0) is 37.0 Å². The molecular weight excluding hydrogens is 430 g/mol. The highest BCUT2D eigenvalue weighted by molar-refractivity contribution is 5.78. The Balaban J connectivity index is 1.42. The van der Waals surface area contributed by atoms with Crippen molar-refractivity contribution in [3.8, 4) is 5.75 Å². The maximum atomic E-state index is 12.3. The van der Waals surface area contributed by atoms with Crippen LogP contribution in [-0.2, 0) is 14.3 Å². The summed E-state index contributed by atoms with van der Waals surface area (Å²) in [5.74, 6) is 0.750. The number of carbonyl (C=O) groups is 1. The van der Waals surface area contributed by atoms with Gasteiger partial charge < -0.3 is 40.0 Å². The minimum Gasteiger partial charge on any atom is -0.462 e. The molecule has 9 heteroatoms. The molecule has 2 aliphatic heterocycles. The van der Waals surface area contributed by atoms with Gasteiger partial charge in [0.25, 0.3) is 0 Å². The van der Waals surface area contributed by atoms with Crippen molar-refractivity contribution in [3.05, 3.63) is 29.8 Å². The number of benzene rings is 1. The van der Waals surface area contributed by atoms with E-state index in [0.29, 0.717) is 18.1 Å². The predicted molar refractivity (Wildman–Crippen MR) is 117 cm³/mol. The zero-order chi connectivity index (χ0) is 23.7. The quantitative estimate of drug-likeness (QED) is 0.413. The molecule has 9 atom stereocenters. The van der Waals surface area contributed by atoms with Crippen molar-refractivity contribution in [2.75, 3.05) is 6.61 Å². The number of hydrogen-bond donors (Lipinski definition) is 5. The Bertz CT molecular complexity index is 800. The normalized spacial score (nSPS) is 38.7. The number of amides is 1. The lowest BCUT2D eigenvalue weighted by Crippen LogP contribution is -2.60. The molecule has 184 valence electrons. The summed E-state index contributed by atoms with van der Waals surface area (Å²) in [6.07, 6.45) is -2.81. The van der Waals surface area contributed by atoms with Crippen LogP contribution >= 0.6 is 0 Å². The van der Waals surface area contributed by atoms with Crippen LogP contribution in [0.3, 0.4) is 0 Å². The average Bonchev–Trinajstić information content (AvgIpc) is 3.29. The number of aliphatic hydroxyl groups is 4. The standard InChI is InChI=1S/C24H35NO8/c1-12(2)23(30)25-16-10-18(32-17-5-3-4-15(16)17)13-6-8-14(9-7-13)31-24-22(29)21(28)20(27)19(11-26)33-24/h6-9,12,15-22,24,26-29H,3-5,10-11H2,1-2H3,(H,25,30)/t15-,16-,17+,18+,19+,20+,21-,22-,24-/m0/s1. The summed E-state index contributed by atoms with van der Waals surface area (Å²) < 4.78 is 17.5. The molecule has 3 fully saturated rings. The number of hydrogen-bond acceptors (Lipinski definition) is 8. The Kier molecular flexibility index (Phi) is 7.57. The van der Waals surface area contributed by atoms with Crippen molar-refractivity contribution in [1.29, 1.82) is 0 Å². The molecule has 0 spiro atoms. The van der Waals surface area contributed by atoms with E-state index in [1.807, 2.05) is 26.0 Å². The third-order valence-corrected chi connectivity index (χ3v) is 7.03. The van der Waals surface area contributed by atoms with E-state index in [4.69, 9.17) is 14.2 Å². The van der Waals surface area contributed by atoms with Gasteiger partial charge in [0.1, 0.15) is 30.2 Å². The predicted octanol–water partition coefficient (Wildman–Crippen LogP) is 0.636. The highest BCUT2D eigenvalue weighted by Gasteiger charge is 2.45. The number of nitrogens with one attached hydrogen (secondary N) is 1. The van der Waals surface area contributed by atoms with E-state index in [9.17, 15) is 25.2 Å². The number of aliphatic hydroxyl groups excluding tert-OH is 4. The van der Waals surface area contributed by atoms with E-state index in [-0.39, 0.29) is 30.1 Å². The van der Waals surface area contributed by atoms with E-state index in [2.05, 4.69) is 5.32 Å². The van der Waals surface area contributed by atoms with Crippen molar-refractivity contribution in [1.82, 2.24) is 5.32 Å². The minimum atomic E-state index is -1.49. The van der Waals surface area contributed by atoms with Crippen molar-refractivity contribution in [2.24, 2.45) is 11.8 Å². The van der Waals surface area contributed by atoms with Gasteiger partial charge in [-0.2, -0.15) is 0 Å². The van der Waals surface area contributed by atoms with Gasteiger partial charge in [0.15, 0.2) is 0 Å². The smallest absolute Gasteiger partial charge is 0.229 e. The van der Waals surface area contributed by atoms with Gasteiger partial charge in [-0.3, -0.25) is 4.79 Å². The van der Waals surface area contributed by atoms with Crippen LogP contribution in [0.4, 0.5) is 0 Å². The maximum Gasteiger partial charge on any atom is 0.229 e. The highest BCUT2D eigenvalue weighted by atomic mass is 16.7. The molecule has 33 heavy (non-hydrogen) atoms. The van der Waals surface area contributed by atoms with Crippen LogP contribution in [0.15, 0.2) is 24.3 Å². The summed E-state index contributed by atoms with van der Waals surface area (Å²) in [5.41, 5.74) is 0.963. The monoisotopic (exact) mass is 465 g/mol. The fraction of sp³-hybridized carbons (Fsp3) is 0.708. The zero-order valence-corrected chi connectivity index (χ0v) is 19.0.